The van der Waals surface area contributed by atoms with Crippen molar-refractivity contribution in [2.45, 2.75) is 51.1 Å². The number of hydrogen-bond donors (Lipinski definition) is 2. The quantitative estimate of drug-likeness (QED) is 0.851. The maximum absolute atomic E-state index is 13.9. The van der Waals surface area contributed by atoms with Crippen LogP contribution in [0.15, 0.2) is 18.2 Å². The molecule has 3 atom stereocenters. The van der Waals surface area contributed by atoms with Gasteiger partial charge in [-0.05, 0) is 62.1 Å². The number of halogens is 2. The van der Waals surface area contributed by atoms with Crippen molar-refractivity contribution in [2.75, 3.05) is 7.11 Å². The first-order valence-corrected chi connectivity index (χ1v) is 8.89. The molecule has 2 saturated carbocycles. The molecule has 0 saturated heterocycles. The Labute approximate surface area is 155 Å². The van der Waals surface area contributed by atoms with E-state index in [0.717, 1.165) is 31.2 Å². The SMILES string of the molecule is COc1ccc(C(C)NC(=O)C2CC3CCCC(C2)C3N)cc1F.Cl. The van der Waals surface area contributed by atoms with Gasteiger partial charge in [-0.25, -0.2) is 4.39 Å². The predicted molar refractivity (Wildman–Crippen MR) is 98.3 cm³/mol. The van der Waals surface area contributed by atoms with Gasteiger partial charge in [0, 0.05) is 12.0 Å². The highest BCUT2D eigenvalue weighted by atomic mass is 35.5. The topological polar surface area (TPSA) is 64.3 Å². The van der Waals surface area contributed by atoms with Gasteiger partial charge in [0.1, 0.15) is 0 Å². The van der Waals surface area contributed by atoms with Crippen LogP contribution in [0.25, 0.3) is 0 Å². The summed E-state index contributed by atoms with van der Waals surface area (Å²) in [6.45, 7) is 1.88. The van der Waals surface area contributed by atoms with Gasteiger partial charge in [-0.3, -0.25) is 4.79 Å². The van der Waals surface area contributed by atoms with Crippen LogP contribution in [0.3, 0.4) is 0 Å². The van der Waals surface area contributed by atoms with E-state index in [2.05, 4.69) is 5.32 Å². The summed E-state index contributed by atoms with van der Waals surface area (Å²) in [7, 11) is 1.44. The average Bonchev–Trinajstić information content (AvgIpc) is 2.54. The van der Waals surface area contributed by atoms with Crippen LogP contribution in [0.1, 0.15) is 50.6 Å². The second-order valence-electron chi connectivity index (χ2n) is 7.32. The fraction of sp³-hybridized carbons (Fsp3) is 0.632. The van der Waals surface area contributed by atoms with Crippen molar-refractivity contribution in [3.8, 4) is 5.75 Å². The predicted octanol–water partition coefficient (Wildman–Crippen LogP) is 3.59. The van der Waals surface area contributed by atoms with Crippen molar-refractivity contribution in [1.82, 2.24) is 5.32 Å². The van der Waals surface area contributed by atoms with Gasteiger partial charge in [0.25, 0.3) is 0 Å². The molecule has 25 heavy (non-hydrogen) atoms. The van der Waals surface area contributed by atoms with Crippen molar-refractivity contribution in [2.24, 2.45) is 23.5 Å². The highest BCUT2D eigenvalue weighted by molar-refractivity contribution is 5.85. The summed E-state index contributed by atoms with van der Waals surface area (Å²) < 4.78 is 18.8. The number of benzene rings is 1. The zero-order chi connectivity index (χ0) is 17.3. The molecule has 2 aliphatic carbocycles. The zero-order valence-corrected chi connectivity index (χ0v) is 15.7. The molecule has 0 heterocycles. The van der Waals surface area contributed by atoms with Crippen LogP contribution < -0.4 is 15.8 Å². The summed E-state index contributed by atoms with van der Waals surface area (Å²) in [5.74, 6) is 0.859. The maximum Gasteiger partial charge on any atom is 0.223 e. The van der Waals surface area contributed by atoms with Gasteiger partial charge in [-0.1, -0.05) is 12.5 Å². The molecule has 2 fully saturated rings. The Morgan fingerprint density at radius 3 is 2.52 bits per heavy atom. The lowest BCUT2D eigenvalue weighted by atomic mass is 9.65. The Kier molecular flexibility index (Phi) is 6.69. The first-order valence-electron chi connectivity index (χ1n) is 8.89. The molecule has 1 aromatic carbocycles. The smallest absolute Gasteiger partial charge is 0.223 e. The Morgan fingerprint density at radius 1 is 1.32 bits per heavy atom. The summed E-state index contributed by atoms with van der Waals surface area (Å²) in [5.41, 5.74) is 7.04. The van der Waals surface area contributed by atoms with Crippen LogP contribution in [0.4, 0.5) is 4.39 Å². The first kappa shape index (κ1) is 20.0. The van der Waals surface area contributed by atoms with Crippen molar-refractivity contribution in [3.63, 3.8) is 0 Å². The van der Waals surface area contributed by atoms with Crippen LogP contribution in [-0.4, -0.2) is 19.1 Å². The monoisotopic (exact) mass is 370 g/mol. The van der Waals surface area contributed by atoms with Crippen molar-refractivity contribution >= 4 is 18.3 Å². The van der Waals surface area contributed by atoms with E-state index in [0.29, 0.717) is 11.8 Å². The van der Waals surface area contributed by atoms with Crippen molar-refractivity contribution in [1.29, 1.82) is 0 Å². The molecule has 2 aliphatic rings. The molecular weight excluding hydrogens is 343 g/mol. The van der Waals surface area contributed by atoms with Crippen molar-refractivity contribution < 1.29 is 13.9 Å². The van der Waals surface area contributed by atoms with E-state index >= 15 is 0 Å². The number of nitrogens with one attached hydrogen (secondary N) is 1. The Bertz CT molecular complexity index is 599. The first-order chi connectivity index (χ1) is 11.5. The van der Waals surface area contributed by atoms with Gasteiger partial charge < -0.3 is 15.8 Å². The van der Waals surface area contributed by atoms with Gasteiger partial charge in [-0.2, -0.15) is 0 Å². The standard InChI is InChI=1S/C19H27FN2O2.ClH/c1-11(12-6-7-17(24-2)16(20)10-12)22-19(23)15-8-13-4-3-5-14(9-15)18(13)21;/h6-7,10-11,13-15,18H,3-5,8-9,21H2,1-2H3,(H,22,23);1H. The minimum Gasteiger partial charge on any atom is -0.494 e. The normalized spacial score (nSPS) is 29.3. The zero-order valence-electron chi connectivity index (χ0n) is 14.8. The fourth-order valence-corrected chi connectivity index (χ4v) is 4.37. The molecule has 3 N–H and O–H groups in total. The minimum absolute atomic E-state index is 0. The lowest BCUT2D eigenvalue weighted by Crippen LogP contribution is -2.49. The molecule has 0 spiro atoms. The second-order valence-corrected chi connectivity index (χ2v) is 7.32. The number of fused-ring (bicyclic) bond motifs is 2. The van der Waals surface area contributed by atoms with Crippen LogP contribution in [-0.2, 0) is 4.79 Å². The highest BCUT2D eigenvalue weighted by Crippen LogP contribution is 2.42. The molecule has 3 rings (SSSR count). The molecule has 0 aliphatic heterocycles. The fourth-order valence-electron chi connectivity index (χ4n) is 4.37. The number of hydrogen-bond acceptors (Lipinski definition) is 3. The molecule has 0 aromatic heterocycles. The van der Waals surface area contributed by atoms with E-state index in [4.69, 9.17) is 10.5 Å². The van der Waals surface area contributed by atoms with E-state index in [9.17, 15) is 9.18 Å². The number of amides is 1. The van der Waals surface area contributed by atoms with Crippen LogP contribution in [0, 0.1) is 23.6 Å². The van der Waals surface area contributed by atoms with E-state index in [1.165, 1.54) is 19.6 Å². The molecule has 1 amide bonds. The van der Waals surface area contributed by atoms with E-state index in [1.807, 2.05) is 6.92 Å². The van der Waals surface area contributed by atoms with Gasteiger partial charge in [0.15, 0.2) is 11.6 Å². The average molecular weight is 371 g/mol. The van der Waals surface area contributed by atoms with Gasteiger partial charge in [0.2, 0.25) is 5.91 Å². The van der Waals surface area contributed by atoms with Gasteiger partial charge in [0.05, 0.1) is 13.2 Å². The number of rotatable bonds is 4. The number of nitrogens with two attached hydrogens (primary N) is 1. The Morgan fingerprint density at radius 2 is 1.96 bits per heavy atom. The lowest BCUT2D eigenvalue weighted by Gasteiger charge is -2.43. The second kappa shape index (κ2) is 8.37. The number of methoxy groups -OCH3 is 1. The third-order valence-electron chi connectivity index (χ3n) is 5.82. The van der Waals surface area contributed by atoms with Gasteiger partial charge >= 0.3 is 0 Å². The third kappa shape index (κ3) is 4.26. The van der Waals surface area contributed by atoms with Crippen LogP contribution >= 0.6 is 12.4 Å². The van der Waals surface area contributed by atoms with Crippen LogP contribution in [0.5, 0.6) is 5.75 Å². The molecular formula is C19H28ClFN2O2. The third-order valence-corrected chi connectivity index (χ3v) is 5.82. The molecule has 140 valence electrons. The summed E-state index contributed by atoms with van der Waals surface area (Å²) in [6, 6.07) is 4.84. The summed E-state index contributed by atoms with van der Waals surface area (Å²) in [4.78, 5) is 12.7. The maximum atomic E-state index is 13.9. The van der Waals surface area contributed by atoms with Gasteiger partial charge in [-0.15, -0.1) is 12.4 Å². The lowest BCUT2D eigenvalue weighted by molar-refractivity contribution is -0.128. The minimum atomic E-state index is -0.408. The summed E-state index contributed by atoms with van der Waals surface area (Å²) in [5, 5.41) is 3.05. The summed E-state index contributed by atoms with van der Waals surface area (Å²) in [6.07, 6.45) is 5.28. The van der Waals surface area contributed by atoms with E-state index in [-0.39, 0.29) is 42.1 Å². The Hall–Kier alpha value is -1.33. The number of ether oxygens (including phenoxy) is 1. The van der Waals surface area contributed by atoms with Crippen LogP contribution in [0.2, 0.25) is 0 Å². The number of carbonyl (C=O) groups excluding carboxylic acids is 1. The number of carbonyl (C=O) groups is 1. The Balaban J connectivity index is 0.00000225. The van der Waals surface area contributed by atoms with E-state index in [1.54, 1.807) is 12.1 Å². The molecule has 1 aromatic rings. The molecule has 6 heteroatoms. The molecule has 0 radical (unpaired) electrons. The summed E-state index contributed by atoms with van der Waals surface area (Å²) >= 11 is 0. The molecule has 4 nitrogen and oxygen atoms in total. The largest absolute Gasteiger partial charge is 0.494 e. The molecule has 3 unspecified atom stereocenters. The van der Waals surface area contributed by atoms with Crippen molar-refractivity contribution in [3.05, 3.63) is 29.6 Å². The molecule has 2 bridgehead atoms. The highest BCUT2D eigenvalue weighted by Gasteiger charge is 2.40. The van der Waals surface area contributed by atoms with E-state index < -0.39 is 5.82 Å².